The number of benzene rings is 4. The minimum Gasteiger partial charge on any atom is -0.389 e. The topological polar surface area (TPSA) is 247 Å². The van der Waals surface area contributed by atoms with Gasteiger partial charge in [0.1, 0.15) is 22.1 Å². The number of hydrogen-bond donors (Lipinski definition) is 5. The minimum absolute atomic E-state index is 0.0522. The molecule has 0 bridgehead atoms. The van der Waals surface area contributed by atoms with Gasteiger partial charge in [-0.05, 0) is 176 Å². The Labute approximate surface area is 516 Å². The van der Waals surface area contributed by atoms with E-state index in [4.69, 9.17) is 10.4 Å². The van der Waals surface area contributed by atoms with Crippen LogP contribution in [0.4, 0.5) is 46.5 Å². The number of nitrogens with zero attached hydrogens (tertiary/aromatic N) is 13. The molecule has 0 unspecified atom stereocenters. The zero-order valence-corrected chi connectivity index (χ0v) is 52.0. The standard InChI is InChI=1S/C16H13N5S.C16H16N4OS.C15H13BrN4S.C15H14N4S/c1-11-19-15(10-22-11)14-6-8-18-16(21-14)20-13-4-2-3-12(9-13)5-7-17;1-10-5-11(2)7-12(6-10)18-16-17-4-3-13(20-16)14-9-22-15(8-21)19-14;1-9-5-10(2)7-11(6-9)18-15-17-4-3-12(20-15)13-8-21-14(16)19-13;1-10-5-11(2)7-12(6-10)18-15-16-4-3-13(19-15)14-8-20-9-17-14/h2-4,6,8-10H,5H2,1H3,(H,18,20,21);3-7,9,21H,8H2,1-2H3,(H,17,18,20);3-8H,1-2H3,(H,17,18,20);3-9H,1-2H3,(H,16,18,19). The summed E-state index contributed by atoms with van der Waals surface area (Å²) >= 11 is 9.47. The van der Waals surface area contributed by atoms with Crippen LogP contribution < -0.4 is 21.3 Å². The Morgan fingerprint density at radius 3 is 1.25 bits per heavy atom. The first-order valence-corrected chi connectivity index (χ1v) is 30.7. The molecule has 8 heterocycles. The molecule has 0 aliphatic rings. The van der Waals surface area contributed by atoms with Gasteiger partial charge in [0.25, 0.3) is 0 Å². The largest absolute Gasteiger partial charge is 0.389 e. The number of nitriles is 1. The van der Waals surface area contributed by atoms with Crippen molar-refractivity contribution in [3.8, 4) is 51.6 Å². The average Bonchev–Trinajstić information content (AvgIpc) is 4.52. The quantitative estimate of drug-likeness (QED) is 0.0679. The first-order chi connectivity index (χ1) is 41.2. The lowest BCUT2D eigenvalue weighted by Crippen LogP contribution is -1.98. The molecule has 5 N–H and O–H groups in total. The summed E-state index contributed by atoms with van der Waals surface area (Å²) in [5.41, 5.74) is 20.2. The maximum Gasteiger partial charge on any atom is 0.227 e. The summed E-state index contributed by atoms with van der Waals surface area (Å²) in [6.45, 7) is 14.3. The van der Waals surface area contributed by atoms with Gasteiger partial charge in [-0.15, -0.1) is 45.3 Å². The molecular formula is C62H56BrN17OS4. The zero-order chi connectivity index (χ0) is 59.7. The number of aromatic nitrogens is 12. The zero-order valence-electron chi connectivity index (χ0n) is 47.2. The SMILES string of the molecule is Cc1cc(C)cc(Nc2nccc(-c3csc(Br)n3)n2)c1.Cc1cc(C)cc(Nc2nccc(-c3csc(CO)n3)n2)c1.Cc1cc(C)cc(Nc2nccc(-c3cscn3)n2)c1.Cc1nc(-c2ccnc(Nc3cccc(CC#N)c3)n2)cs1. The van der Waals surface area contributed by atoms with Crippen LogP contribution in [0.15, 0.2) is 159 Å². The van der Waals surface area contributed by atoms with E-state index in [0.29, 0.717) is 35.2 Å². The third-order valence-electron chi connectivity index (χ3n) is 11.8. The molecule has 0 aliphatic carbocycles. The van der Waals surface area contributed by atoms with E-state index in [1.54, 1.807) is 53.0 Å². The highest BCUT2D eigenvalue weighted by Crippen LogP contribution is 2.28. The molecule has 0 fully saturated rings. The fourth-order valence-electron chi connectivity index (χ4n) is 8.44. The van der Waals surface area contributed by atoms with Crippen LogP contribution in [-0.4, -0.2) is 64.9 Å². The summed E-state index contributed by atoms with van der Waals surface area (Å²) in [5, 5.41) is 40.2. The van der Waals surface area contributed by atoms with Crippen LogP contribution >= 0.6 is 61.3 Å². The fraction of sp³-hybridized carbons (Fsp3) is 0.145. The van der Waals surface area contributed by atoms with Gasteiger partial charge >= 0.3 is 0 Å². The van der Waals surface area contributed by atoms with Crippen molar-refractivity contribution in [2.24, 2.45) is 0 Å². The van der Waals surface area contributed by atoms with Crippen molar-refractivity contribution in [2.75, 3.05) is 21.3 Å². The molecule has 0 spiro atoms. The molecule has 23 heteroatoms. The lowest BCUT2D eigenvalue weighted by Gasteiger charge is -2.07. The van der Waals surface area contributed by atoms with E-state index in [1.807, 2.05) is 77.0 Å². The van der Waals surface area contributed by atoms with Crippen molar-refractivity contribution >= 4 is 108 Å². The van der Waals surface area contributed by atoms with E-state index in [2.05, 4.69) is 199 Å². The molecule has 0 saturated heterocycles. The molecule has 8 aromatic heterocycles. The number of anilines is 8. The van der Waals surface area contributed by atoms with E-state index in [-0.39, 0.29) is 6.61 Å². The number of hydrogen-bond acceptors (Lipinski definition) is 22. The van der Waals surface area contributed by atoms with E-state index in [1.165, 1.54) is 56.1 Å². The fourth-order valence-corrected chi connectivity index (χ4v) is 11.2. The number of aliphatic hydroxyl groups excluding tert-OH is 1. The molecule has 0 atom stereocenters. The lowest BCUT2D eigenvalue weighted by atomic mass is 10.1. The third kappa shape index (κ3) is 18.2. The summed E-state index contributed by atoms with van der Waals surface area (Å²) in [6.07, 6.45) is 7.27. The van der Waals surface area contributed by atoms with Gasteiger partial charge in [-0.25, -0.2) is 59.8 Å². The monoisotopic (exact) mass is 1260 g/mol. The molecule has 0 radical (unpaired) electrons. The highest BCUT2D eigenvalue weighted by atomic mass is 79.9. The van der Waals surface area contributed by atoms with Crippen LogP contribution in [0.1, 0.15) is 49.0 Å². The van der Waals surface area contributed by atoms with Crippen molar-refractivity contribution in [3.05, 3.63) is 208 Å². The van der Waals surface area contributed by atoms with Gasteiger partial charge in [0.15, 0.2) is 3.92 Å². The number of thiazole rings is 4. The summed E-state index contributed by atoms with van der Waals surface area (Å²) in [6, 6.07) is 36.0. The molecule has 0 saturated carbocycles. The Hall–Kier alpha value is -9.15. The number of nitrogens with one attached hydrogen (secondary N) is 4. The molecule has 4 aromatic carbocycles. The van der Waals surface area contributed by atoms with Crippen LogP contribution in [0, 0.1) is 59.8 Å². The molecule has 85 heavy (non-hydrogen) atoms. The van der Waals surface area contributed by atoms with Crippen molar-refractivity contribution in [2.45, 2.75) is 61.5 Å². The third-order valence-corrected chi connectivity index (χ3v) is 15.3. The number of halogens is 1. The molecule has 0 aliphatic heterocycles. The molecule has 12 aromatic rings. The van der Waals surface area contributed by atoms with E-state index in [0.717, 1.165) is 82.8 Å². The summed E-state index contributed by atoms with van der Waals surface area (Å²) in [7, 11) is 0. The lowest BCUT2D eigenvalue weighted by molar-refractivity contribution is 0.281. The maximum atomic E-state index is 9.10. The predicted octanol–water partition coefficient (Wildman–Crippen LogP) is 15.9. The first-order valence-electron chi connectivity index (χ1n) is 26.3. The Balaban J connectivity index is 0.000000136. The second-order valence-corrected chi connectivity index (χ2v) is 24.0. The van der Waals surface area contributed by atoms with E-state index >= 15 is 0 Å². The van der Waals surface area contributed by atoms with Crippen LogP contribution in [0.2, 0.25) is 0 Å². The van der Waals surface area contributed by atoms with Crippen molar-refractivity contribution < 1.29 is 5.11 Å². The summed E-state index contributed by atoms with van der Waals surface area (Å²) in [4.78, 5) is 52.4. The second kappa shape index (κ2) is 29.4. The molecular weight excluding hydrogens is 1210 g/mol. The average molecular weight is 1260 g/mol. The second-order valence-electron chi connectivity index (χ2n) is 19.1. The Kier molecular flexibility index (Phi) is 20.9. The summed E-state index contributed by atoms with van der Waals surface area (Å²) in [5.74, 6) is 2.19. The van der Waals surface area contributed by atoms with E-state index < -0.39 is 0 Å². The Morgan fingerprint density at radius 1 is 0.435 bits per heavy atom. The van der Waals surface area contributed by atoms with Gasteiger partial charge in [-0.3, -0.25) is 0 Å². The molecule has 0 amide bonds. The molecule has 426 valence electrons. The highest BCUT2D eigenvalue weighted by molar-refractivity contribution is 9.11. The van der Waals surface area contributed by atoms with Gasteiger partial charge in [-0.2, -0.15) is 5.26 Å². The Morgan fingerprint density at radius 2 is 0.859 bits per heavy atom. The summed E-state index contributed by atoms with van der Waals surface area (Å²) < 4.78 is 0.847. The van der Waals surface area contributed by atoms with Crippen molar-refractivity contribution in [1.29, 1.82) is 5.26 Å². The van der Waals surface area contributed by atoms with Crippen LogP contribution in [-0.2, 0) is 13.0 Å². The van der Waals surface area contributed by atoms with Crippen molar-refractivity contribution in [1.82, 2.24) is 59.8 Å². The highest BCUT2D eigenvalue weighted by Gasteiger charge is 2.11. The smallest absolute Gasteiger partial charge is 0.227 e. The van der Waals surface area contributed by atoms with Gasteiger partial charge in [0, 0.05) is 69.1 Å². The predicted molar refractivity (Wildman–Crippen MR) is 348 cm³/mol. The van der Waals surface area contributed by atoms with Crippen LogP contribution in [0.3, 0.4) is 0 Å². The maximum absolute atomic E-state index is 9.10. The number of rotatable bonds is 14. The first kappa shape index (κ1) is 60.4. The normalized spacial score (nSPS) is 10.5. The number of aliphatic hydroxyl groups is 1. The van der Waals surface area contributed by atoms with Crippen LogP contribution in [0.5, 0.6) is 0 Å². The molecule has 18 nitrogen and oxygen atoms in total. The van der Waals surface area contributed by atoms with Gasteiger partial charge in [0.2, 0.25) is 23.8 Å². The van der Waals surface area contributed by atoms with Crippen LogP contribution in [0.25, 0.3) is 45.6 Å². The van der Waals surface area contributed by atoms with Gasteiger partial charge < -0.3 is 26.4 Å². The van der Waals surface area contributed by atoms with Crippen molar-refractivity contribution in [3.63, 3.8) is 0 Å². The minimum atomic E-state index is -0.0522. The number of aryl methyl sites for hydroxylation is 7. The Bertz CT molecular complexity index is 4160. The van der Waals surface area contributed by atoms with Gasteiger partial charge in [-0.1, -0.05) is 30.3 Å². The van der Waals surface area contributed by atoms with E-state index in [9.17, 15) is 0 Å². The van der Waals surface area contributed by atoms with Gasteiger partial charge in [0.05, 0.1) is 58.1 Å². The molecule has 12 rings (SSSR count).